The molecule has 1 heterocycles. The van der Waals surface area contributed by atoms with Crippen LogP contribution in [0.4, 0.5) is 0 Å². The van der Waals surface area contributed by atoms with Gasteiger partial charge in [0.05, 0.1) is 25.4 Å². The molecule has 0 aromatic carbocycles. The summed E-state index contributed by atoms with van der Waals surface area (Å²) in [6.45, 7) is 1.88. The standard InChI is InChI=1S/C7H14N3O4P/c1-2-14-15(12,13)4-7(11)3-10-6-8-5-9-10/h5-7,11H,2-4H2,1H3,(H,12,13). The molecular weight excluding hydrogens is 221 g/mol. The van der Waals surface area contributed by atoms with Crippen LogP contribution in [0.1, 0.15) is 6.92 Å². The first-order valence-corrected chi connectivity index (χ1v) is 6.26. The monoisotopic (exact) mass is 235 g/mol. The second-order valence-corrected chi connectivity index (χ2v) is 4.91. The van der Waals surface area contributed by atoms with Crippen LogP contribution in [0, 0.1) is 0 Å². The number of hydrogen-bond acceptors (Lipinski definition) is 5. The normalized spacial score (nSPS) is 17.3. The Labute approximate surface area is 87.2 Å². The van der Waals surface area contributed by atoms with E-state index in [2.05, 4.69) is 14.6 Å². The average molecular weight is 235 g/mol. The Hall–Kier alpha value is -0.750. The Bertz CT molecular complexity index is 329. The van der Waals surface area contributed by atoms with Crippen LogP contribution in [0.25, 0.3) is 0 Å². The molecule has 2 N–H and O–H groups in total. The fourth-order valence-corrected chi connectivity index (χ4v) is 2.28. The van der Waals surface area contributed by atoms with Crippen molar-refractivity contribution in [2.45, 2.75) is 19.6 Å². The van der Waals surface area contributed by atoms with E-state index in [0.717, 1.165) is 0 Å². The molecule has 1 rings (SSSR count). The summed E-state index contributed by atoms with van der Waals surface area (Å²) in [5, 5.41) is 13.2. The van der Waals surface area contributed by atoms with Gasteiger partial charge in [0, 0.05) is 0 Å². The summed E-state index contributed by atoms with van der Waals surface area (Å²) in [7, 11) is -3.68. The van der Waals surface area contributed by atoms with Gasteiger partial charge in [-0.05, 0) is 6.92 Å². The van der Waals surface area contributed by atoms with Crippen LogP contribution in [0.2, 0.25) is 0 Å². The minimum atomic E-state index is -3.68. The molecule has 0 saturated carbocycles. The molecule has 0 amide bonds. The van der Waals surface area contributed by atoms with Crippen molar-refractivity contribution in [1.82, 2.24) is 14.8 Å². The molecule has 86 valence electrons. The lowest BCUT2D eigenvalue weighted by Crippen LogP contribution is -2.21. The maximum absolute atomic E-state index is 11.3. The Balaban J connectivity index is 2.42. The number of aliphatic hydroxyl groups excluding tert-OH is 1. The highest BCUT2D eigenvalue weighted by Crippen LogP contribution is 2.42. The van der Waals surface area contributed by atoms with Gasteiger partial charge in [0.1, 0.15) is 12.7 Å². The maximum Gasteiger partial charge on any atom is 0.330 e. The van der Waals surface area contributed by atoms with Crippen molar-refractivity contribution < 1.29 is 19.1 Å². The molecule has 15 heavy (non-hydrogen) atoms. The first kappa shape index (κ1) is 12.3. The molecule has 2 unspecified atom stereocenters. The highest BCUT2D eigenvalue weighted by atomic mass is 31.2. The molecule has 0 aliphatic carbocycles. The van der Waals surface area contributed by atoms with Crippen molar-refractivity contribution in [3.63, 3.8) is 0 Å². The third-order valence-corrected chi connectivity index (χ3v) is 3.18. The number of rotatable bonds is 6. The maximum atomic E-state index is 11.3. The van der Waals surface area contributed by atoms with Crippen LogP contribution in [0.5, 0.6) is 0 Å². The van der Waals surface area contributed by atoms with Gasteiger partial charge in [0.15, 0.2) is 0 Å². The zero-order valence-corrected chi connectivity index (χ0v) is 9.25. The average Bonchev–Trinajstić information content (AvgIpc) is 2.54. The minimum Gasteiger partial charge on any atom is -0.391 e. The van der Waals surface area contributed by atoms with E-state index in [4.69, 9.17) is 0 Å². The second-order valence-electron chi connectivity index (χ2n) is 3.01. The van der Waals surface area contributed by atoms with E-state index in [1.165, 1.54) is 17.3 Å². The van der Waals surface area contributed by atoms with Crippen LogP contribution >= 0.6 is 7.60 Å². The summed E-state index contributed by atoms with van der Waals surface area (Å²) >= 11 is 0. The molecule has 0 aliphatic rings. The van der Waals surface area contributed by atoms with Gasteiger partial charge in [-0.15, -0.1) is 0 Å². The van der Waals surface area contributed by atoms with E-state index in [9.17, 15) is 14.6 Å². The van der Waals surface area contributed by atoms with E-state index in [-0.39, 0.29) is 19.3 Å². The third kappa shape index (κ3) is 4.53. The molecule has 8 heteroatoms. The quantitative estimate of drug-likeness (QED) is 0.666. The number of nitrogens with zero attached hydrogens (tertiary/aromatic N) is 3. The molecule has 0 spiro atoms. The largest absolute Gasteiger partial charge is 0.391 e. The molecule has 0 bridgehead atoms. The lowest BCUT2D eigenvalue weighted by Gasteiger charge is -2.14. The van der Waals surface area contributed by atoms with Gasteiger partial charge in [0.2, 0.25) is 0 Å². The summed E-state index contributed by atoms with van der Waals surface area (Å²) in [4.78, 5) is 12.9. The van der Waals surface area contributed by atoms with Crippen molar-refractivity contribution in [1.29, 1.82) is 0 Å². The van der Waals surface area contributed by atoms with Gasteiger partial charge >= 0.3 is 7.60 Å². The molecular formula is C7H14N3O4P. The lowest BCUT2D eigenvalue weighted by atomic mass is 10.4. The van der Waals surface area contributed by atoms with E-state index >= 15 is 0 Å². The minimum absolute atomic E-state index is 0.123. The van der Waals surface area contributed by atoms with Crippen LogP contribution in [0.15, 0.2) is 12.7 Å². The van der Waals surface area contributed by atoms with E-state index < -0.39 is 13.7 Å². The van der Waals surface area contributed by atoms with Crippen molar-refractivity contribution >= 4 is 7.60 Å². The summed E-state index contributed by atoms with van der Waals surface area (Å²) in [6.07, 6.45) is 1.47. The smallest absolute Gasteiger partial charge is 0.330 e. The van der Waals surface area contributed by atoms with Gasteiger partial charge in [-0.1, -0.05) is 0 Å². The van der Waals surface area contributed by atoms with Gasteiger partial charge in [0.25, 0.3) is 0 Å². The first-order valence-electron chi connectivity index (χ1n) is 4.50. The fourth-order valence-electron chi connectivity index (χ4n) is 1.12. The zero-order valence-electron chi connectivity index (χ0n) is 8.35. The Kier molecular flexibility index (Phi) is 4.41. The highest BCUT2D eigenvalue weighted by Gasteiger charge is 2.23. The third-order valence-electron chi connectivity index (χ3n) is 1.64. The summed E-state index contributed by atoms with van der Waals surface area (Å²) in [5.74, 6) is 0. The predicted octanol–water partition coefficient (Wildman–Crippen LogP) is -0.139. The van der Waals surface area contributed by atoms with Crippen LogP contribution < -0.4 is 0 Å². The number of aromatic nitrogens is 3. The van der Waals surface area contributed by atoms with Crippen molar-refractivity contribution in [3.8, 4) is 0 Å². The molecule has 0 saturated heterocycles. The Morgan fingerprint density at radius 3 is 2.93 bits per heavy atom. The van der Waals surface area contributed by atoms with E-state index in [1.807, 2.05) is 0 Å². The zero-order chi connectivity index (χ0) is 11.3. The topological polar surface area (TPSA) is 97.5 Å². The van der Waals surface area contributed by atoms with E-state index in [1.54, 1.807) is 6.92 Å². The van der Waals surface area contributed by atoms with Gasteiger partial charge < -0.3 is 14.5 Å². The molecule has 0 aliphatic heterocycles. The first-order chi connectivity index (χ1) is 7.03. The van der Waals surface area contributed by atoms with Gasteiger partial charge in [-0.25, -0.2) is 4.98 Å². The van der Waals surface area contributed by atoms with E-state index in [0.29, 0.717) is 0 Å². The number of aliphatic hydroxyl groups is 1. The molecule has 1 aromatic rings. The van der Waals surface area contributed by atoms with Crippen molar-refractivity contribution in [3.05, 3.63) is 12.7 Å². The van der Waals surface area contributed by atoms with Crippen molar-refractivity contribution in [2.24, 2.45) is 0 Å². The van der Waals surface area contributed by atoms with Crippen LogP contribution in [-0.4, -0.2) is 43.6 Å². The lowest BCUT2D eigenvalue weighted by molar-refractivity contribution is 0.158. The molecule has 0 radical (unpaired) electrons. The van der Waals surface area contributed by atoms with Crippen LogP contribution in [-0.2, 0) is 15.6 Å². The SMILES string of the molecule is CCOP(=O)(O)CC(O)Cn1cncn1. The van der Waals surface area contributed by atoms with Gasteiger partial charge in [-0.2, -0.15) is 5.10 Å². The molecule has 7 nitrogen and oxygen atoms in total. The summed E-state index contributed by atoms with van der Waals surface area (Å²) in [6, 6.07) is 0. The predicted molar refractivity (Wildman–Crippen MR) is 52.3 cm³/mol. The second kappa shape index (κ2) is 5.37. The Morgan fingerprint density at radius 1 is 1.67 bits per heavy atom. The number of hydrogen-bond donors (Lipinski definition) is 2. The molecule has 2 atom stereocenters. The van der Waals surface area contributed by atoms with Gasteiger partial charge in [-0.3, -0.25) is 9.25 Å². The van der Waals surface area contributed by atoms with Crippen LogP contribution in [0.3, 0.4) is 0 Å². The molecule has 1 aromatic heterocycles. The summed E-state index contributed by atoms with van der Waals surface area (Å²) in [5.41, 5.74) is 0. The molecule has 0 fully saturated rings. The summed E-state index contributed by atoms with van der Waals surface area (Å²) < 4.78 is 17.3. The van der Waals surface area contributed by atoms with Crippen molar-refractivity contribution in [2.75, 3.05) is 12.8 Å². The Morgan fingerprint density at radius 2 is 2.40 bits per heavy atom. The highest BCUT2D eigenvalue weighted by molar-refractivity contribution is 7.52. The fraction of sp³-hybridized carbons (Fsp3) is 0.714.